The fourth-order valence-corrected chi connectivity index (χ4v) is 5.10. The van der Waals surface area contributed by atoms with Crippen molar-refractivity contribution in [3.8, 4) is 6.07 Å². The van der Waals surface area contributed by atoms with Gasteiger partial charge in [-0.3, -0.25) is 0 Å². The summed E-state index contributed by atoms with van der Waals surface area (Å²) in [6, 6.07) is 42.2. The minimum atomic E-state index is -0.797. The van der Waals surface area contributed by atoms with Crippen LogP contribution in [-0.4, -0.2) is 43.9 Å². The van der Waals surface area contributed by atoms with Crippen LogP contribution in [0.1, 0.15) is 28.7 Å². The van der Waals surface area contributed by atoms with E-state index < -0.39 is 30.7 Å². The fraction of sp³-hybridized carbons (Fsp3) is 0.324. The van der Waals surface area contributed by atoms with E-state index in [9.17, 15) is 5.26 Å². The third kappa shape index (κ3) is 9.57. The number of ether oxygens (including phenoxy) is 6. The van der Waals surface area contributed by atoms with Crippen molar-refractivity contribution in [3.05, 3.63) is 144 Å². The number of nitrogens with zero attached hydrogens (tertiary/aromatic N) is 1. The number of benzene rings is 4. The summed E-state index contributed by atoms with van der Waals surface area (Å²) in [5.74, 6) is 0. The molecule has 228 valence electrons. The second-order valence-electron chi connectivity index (χ2n) is 10.6. The van der Waals surface area contributed by atoms with E-state index in [-0.39, 0.29) is 19.6 Å². The van der Waals surface area contributed by atoms with Gasteiger partial charge in [0.1, 0.15) is 24.4 Å². The molecule has 0 aliphatic carbocycles. The smallest absolute Gasteiger partial charge is 0.186 e. The number of hydrogen-bond acceptors (Lipinski definition) is 7. The topological polar surface area (TPSA) is 79.2 Å². The molecule has 0 aromatic heterocycles. The molecule has 1 aliphatic heterocycles. The van der Waals surface area contributed by atoms with Crippen LogP contribution in [0.25, 0.3) is 0 Å². The first kappa shape index (κ1) is 31.6. The van der Waals surface area contributed by atoms with E-state index in [1.807, 2.05) is 121 Å². The molecule has 0 N–H and O–H groups in total. The van der Waals surface area contributed by atoms with E-state index in [0.29, 0.717) is 26.4 Å². The number of rotatable bonds is 16. The molecule has 7 heteroatoms. The Morgan fingerprint density at radius 2 is 0.955 bits per heavy atom. The van der Waals surface area contributed by atoms with Crippen molar-refractivity contribution in [1.29, 1.82) is 5.26 Å². The van der Waals surface area contributed by atoms with Crippen LogP contribution in [0.5, 0.6) is 0 Å². The molecule has 0 saturated carbocycles. The Hall–Kier alpha value is -3.87. The molecule has 0 unspecified atom stereocenters. The molecular weight excluding hydrogens is 554 g/mol. The predicted molar refractivity (Wildman–Crippen MR) is 166 cm³/mol. The fourth-order valence-electron chi connectivity index (χ4n) is 5.10. The Bertz CT molecular complexity index is 1380. The summed E-state index contributed by atoms with van der Waals surface area (Å²) in [5.41, 5.74) is 4.14. The van der Waals surface area contributed by atoms with Gasteiger partial charge in [0.05, 0.1) is 52.1 Å². The van der Waals surface area contributed by atoms with Crippen molar-refractivity contribution in [2.45, 2.75) is 63.6 Å². The lowest BCUT2D eigenvalue weighted by Crippen LogP contribution is -2.61. The van der Waals surface area contributed by atoms with Crippen LogP contribution in [0.15, 0.2) is 121 Å². The maximum absolute atomic E-state index is 9.21. The molecule has 0 radical (unpaired) electrons. The first-order chi connectivity index (χ1) is 21.8. The summed E-state index contributed by atoms with van der Waals surface area (Å²) in [4.78, 5) is 0. The van der Waals surface area contributed by atoms with Crippen molar-refractivity contribution in [2.24, 2.45) is 0 Å². The van der Waals surface area contributed by atoms with Crippen LogP contribution in [0.2, 0.25) is 0 Å². The molecule has 1 heterocycles. The van der Waals surface area contributed by atoms with E-state index in [1.165, 1.54) is 0 Å². The second-order valence-corrected chi connectivity index (χ2v) is 10.6. The zero-order valence-corrected chi connectivity index (χ0v) is 24.8. The highest BCUT2D eigenvalue weighted by Gasteiger charge is 2.49. The molecule has 44 heavy (non-hydrogen) atoms. The third-order valence-electron chi connectivity index (χ3n) is 7.34. The molecule has 0 amide bonds. The lowest BCUT2D eigenvalue weighted by molar-refractivity contribution is -0.328. The maximum atomic E-state index is 9.21. The van der Waals surface area contributed by atoms with E-state index >= 15 is 0 Å². The maximum Gasteiger partial charge on any atom is 0.186 e. The number of nitriles is 1. The van der Waals surface area contributed by atoms with Crippen molar-refractivity contribution >= 4 is 0 Å². The van der Waals surface area contributed by atoms with E-state index in [2.05, 4.69) is 6.07 Å². The lowest BCUT2D eigenvalue weighted by atomic mass is 9.97. The lowest BCUT2D eigenvalue weighted by Gasteiger charge is -2.45. The van der Waals surface area contributed by atoms with Crippen molar-refractivity contribution < 1.29 is 28.4 Å². The van der Waals surface area contributed by atoms with Gasteiger partial charge in [0.15, 0.2) is 6.29 Å². The van der Waals surface area contributed by atoms with Crippen LogP contribution in [0.4, 0.5) is 0 Å². The Morgan fingerprint density at radius 3 is 1.43 bits per heavy atom. The first-order valence-corrected chi connectivity index (χ1v) is 15.0. The summed E-state index contributed by atoms with van der Waals surface area (Å²) >= 11 is 0. The molecule has 1 fully saturated rings. The average molecular weight is 594 g/mol. The third-order valence-corrected chi connectivity index (χ3v) is 7.34. The molecule has 1 aliphatic rings. The molecule has 1 saturated heterocycles. The zero-order valence-electron chi connectivity index (χ0n) is 24.8. The van der Waals surface area contributed by atoms with Crippen LogP contribution in [0.3, 0.4) is 0 Å². The Morgan fingerprint density at radius 1 is 0.523 bits per heavy atom. The highest BCUT2D eigenvalue weighted by molar-refractivity contribution is 5.16. The van der Waals surface area contributed by atoms with Gasteiger partial charge in [0, 0.05) is 0 Å². The molecular formula is C37H39NO6. The Kier molecular flexibility index (Phi) is 12.5. The second kappa shape index (κ2) is 17.4. The van der Waals surface area contributed by atoms with Crippen LogP contribution in [-0.2, 0) is 54.8 Å². The normalized spacial score (nSPS) is 21.5. The largest absolute Gasteiger partial charge is 0.374 e. The van der Waals surface area contributed by atoms with Gasteiger partial charge < -0.3 is 28.4 Å². The monoisotopic (exact) mass is 593 g/mol. The van der Waals surface area contributed by atoms with Gasteiger partial charge in [-0.15, -0.1) is 0 Å². The molecule has 0 spiro atoms. The van der Waals surface area contributed by atoms with Crippen LogP contribution in [0, 0.1) is 11.3 Å². The van der Waals surface area contributed by atoms with Crippen molar-refractivity contribution in [2.75, 3.05) is 13.2 Å². The average Bonchev–Trinajstić information content (AvgIpc) is 3.08. The summed E-state index contributed by atoms with van der Waals surface area (Å²) in [5, 5.41) is 9.21. The number of hydrogen-bond donors (Lipinski definition) is 0. The quantitative estimate of drug-likeness (QED) is 0.135. The van der Waals surface area contributed by atoms with Gasteiger partial charge in [-0.05, 0) is 22.3 Å². The van der Waals surface area contributed by atoms with E-state index in [4.69, 9.17) is 28.4 Å². The highest BCUT2D eigenvalue weighted by Crippen LogP contribution is 2.31. The summed E-state index contributed by atoms with van der Waals surface area (Å²) in [7, 11) is 0. The molecule has 4 aromatic rings. The van der Waals surface area contributed by atoms with Gasteiger partial charge in [-0.2, -0.15) is 5.26 Å². The minimum absolute atomic E-state index is 0.199. The predicted octanol–water partition coefficient (Wildman–Crippen LogP) is 6.61. The Balaban J connectivity index is 1.42. The van der Waals surface area contributed by atoms with Crippen molar-refractivity contribution in [1.82, 2.24) is 0 Å². The molecule has 7 nitrogen and oxygen atoms in total. The zero-order chi connectivity index (χ0) is 30.2. The van der Waals surface area contributed by atoms with E-state index in [1.54, 1.807) is 0 Å². The van der Waals surface area contributed by atoms with Gasteiger partial charge in [0.2, 0.25) is 0 Å². The highest BCUT2D eigenvalue weighted by atomic mass is 16.7. The molecule has 4 aromatic carbocycles. The SMILES string of the molecule is N#CCCO[C@H]1O[C@H](COCc2ccccc2)[C@@H](OCc2ccccc2)[C@H](OCc2ccccc2)[C@H]1OCc1ccccc1. The van der Waals surface area contributed by atoms with Crippen LogP contribution >= 0.6 is 0 Å². The summed E-state index contributed by atoms with van der Waals surface area (Å²) < 4.78 is 38.7. The van der Waals surface area contributed by atoms with Gasteiger partial charge in [-0.1, -0.05) is 121 Å². The standard InChI is InChI=1S/C37H39NO6/c38-22-13-23-40-37-36(43-27-32-20-11-4-12-21-32)35(42-26-31-18-9-3-10-19-31)34(41-25-30-16-7-2-8-17-30)33(44-37)28-39-24-29-14-5-1-6-15-29/h1-12,14-21,33-37H,13,23-28H2/t33-,34-,35+,36-,37+/m1/s1. The molecule has 0 bridgehead atoms. The molecule has 5 atom stereocenters. The van der Waals surface area contributed by atoms with Crippen molar-refractivity contribution in [3.63, 3.8) is 0 Å². The van der Waals surface area contributed by atoms with Gasteiger partial charge in [-0.25, -0.2) is 0 Å². The minimum Gasteiger partial charge on any atom is -0.374 e. The summed E-state index contributed by atoms with van der Waals surface area (Å²) in [6.07, 6.45) is -2.82. The summed E-state index contributed by atoms with van der Waals surface area (Å²) in [6.45, 7) is 1.92. The van der Waals surface area contributed by atoms with E-state index in [0.717, 1.165) is 22.3 Å². The first-order valence-electron chi connectivity index (χ1n) is 15.0. The van der Waals surface area contributed by atoms with Gasteiger partial charge in [0.25, 0.3) is 0 Å². The molecule has 5 rings (SSSR count). The van der Waals surface area contributed by atoms with Gasteiger partial charge >= 0.3 is 0 Å². The Labute approximate surface area is 259 Å². The van der Waals surface area contributed by atoms with Crippen LogP contribution < -0.4 is 0 Å².